The first-order chi connectivity index (χ1) is 18.9. The molecule has 2 aromatic rings. The van der Waals surface area contributed by atoms with Gasteiger partial charge in [0, 0.05) is 30.6 Å². The van der Waals surface area contributed by atoms with Crippen molar-refractivity contribution in [3.8, 4) is 5.75 Å². The highest BCUT2D eigenvalue weighted by molar-refractivity contribution is 6.05. The van der Waals surface area contributed by atoms with E-state index in [2.05, 4.69) is 5.32 Å². The summed E-state index contributed by atoms with van der Waals surface area (Å²) in [6.07, 6.45) is 0.225. The molecule has 3 aliphatic heterocycles. The zero-order valence-corrected chi connectivity index (χ0v) is 18.1. The molecular formula is C25H25N3O6. The van der Waals surface area contributed by atoms with Gasteiger partial charge in [-0.2, -0.15) is 0 Å². The van der Waals surface area contributed by atoms with Crippen molar-refractivity contribution >= 4 is 23.6 Å². The van der Waals surface area contributed by atoms with Crippen LogP contribution in [0.1, 0.15) is 48.1 Å². The van der Waals surface area contributed by atoms with Gasteiger partial charge in [-0.15, -0.1) is 0 Å². The van der Waals surface area contributed by atoms with Crippen LogP contribution in [0.25, 0.3) is 0 Å². The van der Waals surface area contributed by atoms with Crippen LogP contribution in [-0.4, -0.2) is 59.2 Å². The topological polar surface area (TPSA) is 105 Å². The highest BCUT2D eigenvalue weighted by Gasteiger charge is 2.40. The van der Waals surface area contributed by atoms with Gasteiger partial charge in [-0.1, -0.05) is 30.3 Å². The van der Waals surface area contributed by atoms with E-state index in [4.69, 9.17) is 17.7 Å². The third kappa shape index (κ3) is 4.38. The second-order valence-electron chi connectivity index (χ2n) is 8.02. The molecule has 0 bridgehead atoms. The summed E-state index contributed by atoms with van der Waals surface area (Å²) in [7, 11) is 0. The molecule has 2 fully saturated rings. The first-order valence-electron chi connectivity index (χ1n) is 13.8. The maximum atomic E-state index is 13.1. The number of benzene rings is 2. The molecule has 34 heavy (non-hydrogen) atoms. The summed E-state index contributed by atoms with van der Waals surface area (Å²) >= 11 is 0. The maximum Gasteiger partial charge on any atom is 0.255 e. The van der Waals surface area contributed by atoms with Gasteiger partial charge in [-0.25, -0.2) is 0 Å². The fourth-order valence-electron chi connectivity index (χ4n) is 4.07. The van der Waals surface area contributed by atoms with Crippen molar-refractivity contribution in [3.05, 3.63) is 64.6 Å². The largest absolute Gasteiger partial charge is 0.489 e. The summed E-state index contributed by atoms with van der Waals surface area (Å²) < 4.78 is 61.7. The van der Waals surface area contributed by atoms with Crippen LogP contribution in [0.4, 0.5) is 0 Å². The van der Waals surface area contributed by atoms with Gasteiger partial charge in [0.05, 0.1) is 21.4 Å². The fraction of sp³-hybridized carbons (Fsp3) is 0.360. The molecular weight excluding hydrogens is 438 g/mol. The van der Waals surface area contributed by atoms with E-state index in [1.165, 1.54) is 28.0 Å². The number of hydrogen-bond donors (Lipinski definition) is 1. The molecule has 0 saturated carbocycles. The lowest BCUT2D eigenvalue weighted by Crippen LogP contribution is -2.52. The molecule has 2 saturated heterocycles. The molecule has 0 spiro atoms. The highest BCUT2D eigenvalue weighted by atomic mass is 16.5. The lowest BCUT2D eigenvalue weighted by molar-refractivity contribution is -0.143. The third-order valence-electron chi connectivity index (χ3n) is 5.82. The summed E-state index contributed by atoms with van der Waals surface area (Å²) in [4.78, 5) is 51.6. The number of morpholine rings is 1. The van der Waals surface area contributed by atoms with Gasteiger partial charge in [0.1, 0.15) is 25.0 Å². The van der Waals surface area contributed by atoms with Gasteiger partial charge in [-0.05, 0) is 29.7 Å². The second kappa shape index (κ2) is 9.26. The predicted molar refractivity (Wildman–Crippen MR) is 119 cm³/mol. The Morgan fingerprint density at radius 2 is 2.00 bits per heavy atom. The zero-order chi connectivity index (χ0) is 28.9. The van der Waals surface area contributed by atoms with Crippen LogP contribution in [-0.2, 0) is 38.7 Å². The third-order valence-corrected chi connectivity index (χ3v) is 5.82. The van der Waals surface area contributed by atoms with Crippen molar-refractivity contribution in [2.45, 2.75) is 38.5 Å². The van der Waals surface area contributed by atoms with Crippen molar-refractivity contribution in [3.63, 3.8) is 0 Å². The summed E-state index contributed by atoms with van der Waals surface area (Å²) in [5.74, 6) is -2.01. The number of amides is 4. The van der Waals surface area contributed by atoms with E-state index in [-0.39, 0.29) is 56.0 Å². The van der Waals surface area contributed by atoms with Gasteiger partial charge < -0.3 is 19.3 Å². The van der Waals surface area contributed by atoms with Gasteiger partial charge in [-0.3, -0.25) is 24.5 Å². The Bertz CT molecular complexity index is 1440. The smallest absolute Gasteiger partial charge is 0.255 e. The lowest BCUT2D eigenvalue weighted by atomic mass is 10.0. The minimum Gasteiger partial charge on any atom is -0.489 e. The first kappa shape index (κ1) is 16.0. The number of nitrogens with one attached hydrogen (secondary N) is 1. The molecule has 2 unspecified atom stereocenters. The second-order valence-corrected chi connectivity index (χ2v) is 8.02. The Morgan fingerprint density at radius 3 is 2.82 bits per heavy atom. The molecule has 5 rings (SSSR count). The van der Waals surface area contributed by atoms with Crippen molar-refractivity contribution in [1.82, 2.24) is 15.1 Å². The molecule has 2 aromatic carbocycles. The van der Waals surface area contributed by atoms with E-state index in [9.17, 15) is 19.2 Å². The Labute approximate surface area is 205 Å². The number of carbonyl (C=O) groups excluding carboxylic acids is 4. The minimum atomic E-state index is -2.80. The summed E-state index contributed by atoms with van der Waals surface area (Å²) in [6, 6.07) is 2.93. The molecule has 9 nitrogen and oxygen atoms in total. The fourth-order valence-corrected chi connectivity index (χ4v) is 4.07. The van der Waals surface area contributed by atoms with Gasteiger partial charge >= 0.3 is 0 Å². The number of piperidine rings is 1. The highest BCUT2D eigenvalue weighted by Crippen LogP contribution is 2.34. The first-order valence-corrected chi connectivity index (χ1v) is 10.8. The van der Waals surface area contributed by atoms with Crippen molar-refractivity contribution in [2.75, 3.05) is 19.8 Å². The molecule has 0 aliphatic carbocycles. The van der Waals surface area contributed by atoms with Crippen LogP contribution in [0.15, 0.2) is 42.4 Å². The van der Waals surface area contributed by atoms with E-state index in [1.54, 1.807) is 0 Å². The Kier molecular flexibility index (Phi) is 4.36. The number of fused-ring (bicyclic) bond motifs is 1. The van der Waals surface area contributed by atoms with E-state index in [1.807, 2.05) is 0 Å². The Morgan fingerprint density at radius 1 is 1.15 bits per heavy atom. The normalized spacial score (nSPS) is 24.3. The number of imide groups is 1. The number of carbonyl (C=O) groups is 4. The minimum absolute atomic E-state index is 0.0441. The molecule has 0 radical (unpaired) electrons. The van der Waals surface area contributed by atoms with Crippen LogP contribution in [0, 0.1) is 0 Å². The van der Waals surface area contributed by atoms with Crippen LogP contribution in [0.3, 0.4) is 0 Å². The number of hydrogen-bond acceptors (Lipinski definition) is 6. The molecule has 1 N–H and O–H groups in total. The maximum absolute atomic E-state index is 13.1. The average molecular weight is 470 g/mol. The number of rotatable bonds is 6. The average Bonchev–Trinajstić information content (AvgIpc) is 3.23. The Balaban J connectivity index is 1.43. The molecule has 176 valence electrons. The molecule has 2 atom stereocenters. The van der Waals surface area contributed by atoms with Crippen LogP contribution < -0.4 is 10.1 Å². The predicted octanol–water partition coefficient (Wildman–Crippen LogP) is 1.39. The van der Waals surface area contributed by atoms with Crippen molar-refractivity contribution < 1.29 is 36.9 Å². The number of ether oxygens (including phenoxy) is 2. The SMILES string of the molecule is [2H]c1cc(C([2H])N2CCOCC2=O)c([2H])c([2H])c1C([2H])([2H])Oc1cccc2c1CN(C1CCC(=O)NC1=O)C2=O. The summed E-state index contributed by atoms with van der Waals surface area (Å²) in [5.41, 5.74) is -0.153. The molecule has 3 aliphatic rings. The Hall–Kier alpha value is -3.72. The quantitative estimate of drug-likeness (QED) is 0.641. The monoisotopic (exact) mass is 469 g/mol. The van der Waals surface area contributed by atoms with E-state index < -0.39 is 66.4 Å². The summed E-state index contributed by atoms with van der Waals surface area (Å²) in [6.45, 7) is -4.16. The van der Waals surface area contributed by atoms with E-state index in [0.29, 0.717) is 5.56 Å². The molecule has 0 aromatic heterocycles. The van der Waals surface area contributed by atoms with Crippen LogP contribution in [0.2, 0.25) is 0 Å². The number of nitrogens with zero attached hydrogens (tertiary/aromatic N) is 2. The van der Waals surface area contributed by atoms with Crippen LogP contribution >= 0.6 is 0 Å². The van der Waals surface area contributed by atoms with Gasteiger partial charge in [0.25, 0.3) is 5.91 Å². The standard InChI is InChI=1S/C25H25N3O6/c29-22-9-8-20(24(31)26-22)28-13-19-18(25(28)32)2-1-3-21(19)34-14-17-6-4-16(5-7-17)12-27-10-11-33-15-23(27)30/h1-7,20H,8-15H2,(H,26,29,31)/i4D,6D,7D,12D,14D2. The summed E-state index contributed by atoms with van der Waals surface area (Å²) in [5, 5.41) is 2.22. The lowest BCUT2D eigenvalue weighted by Gasteiger charge is -2.29. The van der Waals surface area contributed by atoms with Gasteiger partial charge in [0.2, 0.25) is 17.7 Å². The van der Waals surface area contributed by atoms with Crippen LogP contribution in [0.5, 0.6) is 5.75 Å². The zero-order valence-electron chi connectivity index (χ0n) is 24.1. The van der Waals surface area contributed by atoms with Crippen molar-refractivity contribution in [2.24, 2.45) is 0 Å². The van der Waals surface area contributed by atoms with E-state index in [0.717, 1.165) is 6.07 Å². The molecule has 4 amide bonds. The van der Waals surface area contributed by atoms with Crippen molar-refractivity contribution in [1.29, 1.82) is 0 Å². The van der Waals surface area contributed by atoms with E-state index >= 15 is 0 Å². The van der Waals surface area contributed by atoms with Gasteiger partial charge in [0.15, 0.2) is 0 Å². The molecule has 3 heterocycles. The molecule has 9 heteroatoms.